The molecule has 0 aliphatic heterocycles. The minimum absolute atomic E-state index is 0.0100. The van der Waals surface area contributed by atoms with Crippen molar-refractivity contribution in [3.8, 4) is 34.1 Å². The van der Waals surface area contributed by atoms with E-state index in [0.29, 0.717) is 24.2 Å². The summed E-state index contributed by atoms with van der Waals surface area (Å²) in [7, 11) is 0. The summed E-state index contributed by atoms with van der Waals surface area (Å²) in [5, 5.41) is 11.9. The van der Waals surface area contributed by atoms with Gasteiger partial charge in [-0.3, -0.25) is 4.68 Å². The van der Waals surface area contributed by atoms with Crippen molar-refractivity contribution in [2.24, 2.45) is 5.73 Å². The Morgan fingerprint density at radius 1 is 1.03 bits per heavy atom. The zero-order valence-electron chi connectivity index (χ0n) is 18.6. The van der Waals surface area contributed by atoms with Crippen molar-refractivity contribution in [1.82, 2.24) is 25.2 Å². The highest BCUT2D eigenvalue weighted by Crippen LogP contribution is 2.33. The van der Waals surface area contributed by atoms with E-state index in [4.69, 9.17) is 10.3 Å². The van der Waals surface area contributed by atoms with Gasteiger partial charge in [-0.1, -0.05) is 35.5 Å². The number of aromatic nitrogens is 4. The highest BCUT2D eigenvalue weighted by Gasteiger charge is 2.23. The summed E-state index contributed by atoms with van der Waals surface area (Å²) in [6, 6.07) is 14.1. The minimum Gasteiger partial charge on any atom is -0.333 e. The van der Waals surface area contributed by atoms with Crippen molar-refractivity contribution in [2.45, 2.75) is 44.3 Å². The molecule has 2 saturated carbocycles. The van der Waals surface area contributed by atoms with Crippen molar-refractivity contribution < 1.29 is 13.3 Å². The highest BCUT2D eigenvalue weighted by molar-refractivity contribution is 5.77. The largest absolute Gasteiger partial charge is 0.333 e. The van der Waals surface area contributed by atoms with E-state index < -0.39 is 11.6 Å². The van der Waals surface area contributed by atoms with E-state index in [-0.39, 0.29) is 17.3 Å². The van der Waals surface area contributed by atoms with E-state index in [2.05, 4.69) is 20.6 Å². The molecule has 0 atom stereocenters. The standard InChI is InChI=1S/C22H19F2N5O.C3H7N/c23-15-6-9-19(24)17(12-15)21-27-22(30-28-21)18-13-26-29(11-10-25-16-7-8-16)20(18)14-4-2-1-3-5-14;4-3-1-2-3/h1-6,9,12-13,16,25H,7-8,10-11H2;3H,1-2,4H2. The molecule has 3 N–H and O–H groups in total. The van der Waals surface area contributed by atoms with E-state index >= 15 is 0 Å². The van der Waals surface area contributed by atoms with Gasteiger partial charge in [-0.15, -0.1) is 0 Å². The van der Waals surface area contributed by atoms with Crippen LogP contribution in [-0.2, 0) is 6.54 Å². The lowest BCUT2D eigenvalue weighted by Gasteiger charge is -2.09. The Labute approximate surface area is 196 Å². The number of halogens is 2. The predicted molar refractivity (Wildman–Crippen MR) is 125 cm³/mol. The van der Waals surface area contributed by atoms with Gasteiger partial charge in [-0.2, -0.15) is 10.1 Å². The molecule has 34 heavy (non-hydrogen) atoms. The van der Waals surface area contributed by atoms with Crippen molar-refractivity contribution >= 4 is 0 Å². The van der Waals surface area contributed by atoms with Crippen LogP contribution in [0.1, 0.15) is 25.7 Å². The summed E-state index contributed by atoms with van der Waals surface area (Å²) in [6.45, 7) is 1.48. The number of nitrogens with two attached hydrogens (primary N) is 1. The summed E-state index contributed by atoms with van der Waals surface area (Å²) in [5.74, 6) is -0.995. The van der Waals surface area contributed by atoms with Crippen molar-refractivity contribution in [1.29, 1.82) is 0 Å². The molecule has 0 bridgehead atoms. The lowest BCUT2D eigenvalue weighted by molar-refractivity contribution is 0.432. The summed E-state index contributed by atoms with van der Waals surface area (Å²) < 4.78 is 35.0. The molecular formula is C25H26F2N6O. The van der Waals surface area contributed by atoms with Crippen LogP contribution in [0.15, 0.2) is 59.3 Å². The average Bonchev–Trinajstić information content (AvgIpc) is 3.74. The second-order valence-electron chi connectivity index (χ2n) is 8.61. The quantitative estimate of drug-likeness (QED) is 0.421. The first-order valence-corrected chi connectivity index (χ1v) is 11.5. The van der Waals surface area contributed by atoms with E-state index in [1.165, 1.54) is 25.7 Å². The fourth-order valence-electron chi connectivity index (χ4n) is 3.48. The van der Waals surface area contributed by atoms with Gasteiger partial charge in [0.15, 0.2) is 0 Å². The zero-order chi connectivity index (χ0) is 23.5. The average molecular weight is 465 g/mol. The van der Waals surface area contributed by atoms with Gasteiger partial charge >= 0.3 is 0 Å². The Bertz CT molecular complexity index is 1250. The molecule has 0 saturated heterocycles. The van der Waals surface area contributed by atoms with Crippen LogP contribution in [0.25, 0.3) is 34.1 Å². The molecule has 2 aromatic carbocycles. The monoisotopic (exact) mass is 464 g/mol. The molecule has 176 valence electrons. The normalized spacial score (nSPS) is 15.1. The van der Waals surface area contributed by atoms with Crippen LogP contribution in [0, 0.1) is 11.6 Å². The van der Waals surface area contributed by atoms with Crippen LogP contribution in [-0.4, -0.2) is 38.5 Å². The van der Waals surface area contributed by atoms with Crippen LogP contribution in [0.3, 0.4) is 0 Å². The number of hydrogen-bond donors (Lipinski definition) is 2. The van der Waals surface area contributed by atoms with Gasteiger partial charge in [0.1, 0.15) is 11.6 Å². The highest BCUT2D eigenvalue weighted by atomic mass is 19.1. The first-order valence-electron chi connectivity index (χ1n) is 11.5. The van der Waals surface area contributed by atoms with Gasteiger partial charge in [0.05, 0.1) is 29.6 Å². The van der Waals surface area contributed by atoms with Crippen LogP contribution in [0.2, 0.25) is 0 Å². The molecule has 0 amide bonds. The third-order valence-electron chi connectivity index (χ3n) is 5.67. The number of rotatable bonds is 7. The molecule has 0 radical (unpaired) electrons. The first kappa shape index (κ1) is 22.4. The first-order chi connectivity index (χ1) is 16.6. The van der Waals surface area contributed by atoms with Crippen LogP contribution < -0.4 is 11.1 Å². The SMILES string of the molecule is Fc1ccc(F)c(-c2noc(-c3cnn(CCNC4CC4)c3-c3ccccc3)n2)c1.NC1CC1. The molecular weight excluding hydrogens is 438 g/mol. The fraction of sp³-hybridized carbons (Fsp3) is 0.320. The maximum Gasteiger partial charge on any atom is 0.262 e. The van der Waals surface area contributed by atoms with Crippen molar-refractivity contribution in [2.75, 3.05) is 6.54 Å². The second kappa shape index (κ2) is 9.82. The van der Waals surface area contributed by atoms with E-state index in [1.807, 2.05) is 35.0 Å². The lowest BCUT2D eigenvalue weighted by Crippen LogP contribution is -2.22. The molecule has 4 aromatic rings. The molecule has 2 aliphatic rings. The third kappa shape index (κ3) is 5.37. The minimum atomic E-state index is -0.617. The second-order valence-corrected chi connectivity index (χ2v) is 8.61. The maximum absolute atomic E-state index is 14.1. The molecule has 7 nitrogen and oxygen atoms in total. The Hall–Kier alpha value is -3.43. The smallest absolute Gasteiger partial charge is 0.262 e. The van der Waals surface area contributed by atoms with Gasteiger partial charge in [0.2, 0.25) is 5.82 Å². The van der Waals surface area contributed by atoms with Crippen LogP contribution in [0.4, 0.5) is 8.78 Å². The molecule has 0 spiro atoms. The maximum atomic E-state index is 14.1. The Morgan fingerprint density at radius 2 is 1.79 bits per heavy atom. The van der Waals surface area contributed by atoms with Crippen molar-refractivity contribution in [3.63, 3.8) is 0 Å². The summed E-state index contributed by atoms with van der Waals surface area (Å²) in [5.41, 5.74) is 7.60. The number of nitrogens with one attached hydrogen (secondary N) is 1. The number of benzene rings is 2. The van der Waals surface area contributed by atoms with Gasteiger partial charge < -0.3 is 15.6 Å². The third-order valence-corrected chi connectivity index (χ3v) is 5.67. The van der Waals surface area contributed by atoms with E-state index in [9.17, 15) is 8.78 Å². The Kier molecular flexibility index (Phi) is 6.46. The molecule has 2 fully saturated rings. The lowest BCUT2D eigenvalue weighted by atomic mass is 10.1. The summed E-state index contributed by atoms with van der Waals surface area (Å²) in [4.78, 5) is 4.32. The van der Waals surface area contributed by atoms with E-state index in [1.54, 1.807) is 6.20 Å². The zero-order valence-corrected chi connectivity index (χ0v) is 18.6. The molecule has 2 aromatic heterocycles. The summed E-state index contributed by atoms with van der Waals surface area (Å²) in [6.07, 6.45) is 6.63. The van der Waals surface area contributed by atoms with Gasteiger partial charge in [0.25, 0.3) is 5.89 Å². The molecule has 0 unspecified atom stereocenters. The Balaban J connectivity index is 0.000000547. The summed E-state index contributed by atoms with van der Waals surface area (Å²) >= 11 is 0. The molecule has 6 rings (SSSR count). The van der Waals surface area contributed by atoms with Crippen LogP contribution >= 0.6 is 0 Å². The fourth-order valence-corrected chi connectivity index (χ4v) is 3.48. The number of hydrogen-bond acceptors (Lipinski definition) is 6. The Morgan fingerprint density at radius 3 is 2.50 bits per heavy atom. The molecule has 2 heterocycles. The van der Waals surface area contributed by atoms with E-state index in [0.717, 1.165) is 36.0 Å². The molecule has 2 aliphatic carbocycles. The topological polar surface area (TPSA) is 94.8 Å². The number of nitrogens with zero attached hydrogens (tertiary/aromatic N) is 4. The van der Waals surface area contributed by atoms with Gasteiger partial charge in [-0.25, -0.2) is 8.78 Å². The van der Waals surface area contributed by atoms with Crippen molar-refractivity contribution in [3.05, 3.63) is 66.4 Å². The van der Waals surface area contributed by atoms with Crippen LogP contribution in [0.5, 0.6) is 0 Å². The van der Waals surface area contributed by atoms with Gasteiger partial charge in [-0.05, 0) is 43.9 Å². The van der Waals surface area contributed by atoms with Gasteiger partial charge in [0, 0.05) is 24.2 Å². The molecule has 9 heteroatoms. The predicted octanol–water partition coefficient (Wildman–Crippen LogP) is 4.40.